The van der Waals surface area contributed by atoms with Crippen LogP contribution >= 0.6 is 0 Å². The summed E-state index contributed by atoms with van der Waals surface area (Å²) in [5.74, 6) is -0.595. The van der Waals surface area contributed by atoms with Gasteiger partial charge < -0.3 is 9.73 Å². The van der Waals surface area contributed by atoms with E-state index in [-0.39, 0.29) is 11.9 Å². The van der Waals surface area contributed by atoms with E-state index in [9.17, 15) is 9.59 Å². The van der Waals surface area contributed by atoms with E-state index in [2.05, 4.69) is 5.32 Å². The van der Waals surface area contributed by atoms with Crippen molar-refractivity contribution in [1.82, 2.24) is 4.57 Å². The minimum atomic E-state index is -0.392. The van der Waals surface area contributed by atoms with Crippen molar-refractivity contribution in [2.75, 3.05) is 5.32 Å². The summed E-state index contributed by atoms with van der Waals surface area (Å²) in [5.41, 5.74) is 2.34. The number of amides is 1. The number of nitrogens with zero attached hydrogens (tertiary/aromatic N) is 1. The molecule has 0 radical (unpaired) electrons. The highest BCUT2D eigenvalue weighted by Gasteiger charge is 2.13. The molecule has 1 N–H and O–H groups in total. The molecule has 0 fully saturated rings. The maximum Gasteiger partial charge on any atom is 0.420 e. The monoisotopic (exact) mass is 296 g/mol. The summed E-state index contributed by atoms with van der Waals surface area (Å²) in [5, 5.41) is 2.80. The summed E-state index contributed by atoms with van der Waals surface area (Å²) in [6, 6.07) is 14.2. The van der Waals surface area contributed by atoms with Crippen LogP contribution in [0.5, 0.6) is 0 Å². The number of hydrogen-bond donors (Lipinski definition) is 1. The first kappa shape index (κ1) is 14.1. The third-order valence-corrected chi connectivity index (χ3v) is 3.42. The molecule has 1 heterocycles. The van der Waals surface area contributed by atoms with Crippen LogP contribution in [0.4, 0.5) is 5.69 Å². The van der Waals surface area contributed by atoms with Gasteiger partial charge in [0.15, 0.2) is 5.58 Å². The molecular weight excluding hydrogens is 280 g/mol. The molecule has 1 aromatic heterocycles. The topological polar surface area (TPSA) is 64.2 Å². The van der Waals surface area contributed by atoms with E-state index in [1.165, 1.54) is 0 Å². The number of carbonyl (C=O) groups excluding carboxylic acids is 1. The predicted octanol–water partition coefficient (Wildman–Crippen LogP) is 3.43. The second-order valence-electron chi connectivity index (χ2n) is 5.33. The van der Waals surface area contributed by atoms with Crippen molar-refractivity contribution in [2.45, 2.75) is 19.9 Å². The van der Waals surface area contributed by atoms with E-state index < -0.39 is 5.76 Å². The Bertz CT molecular complexity index is 876. The third kappa shape index (κ3) is 2.53. The molecular formula is C17H16N2O3. The van der Waals surface area contributed by atoms with Crippen LogP contribution in [-0.4, -0.2) is 10.5 Å². The number of anilines is 1. The molecule has 0 aliphatic rings. The fourth-order valence-electron chi connectivity index (χ4n) is 2.40. The Balaban J connectivity index is 1.93. The number of hydrogen-bond acceptors (Lipinski definition) is 3. The van der Waals surface area contributed by atoms with Crippen molar-refractivity contribution < 1.29 is 9.21 Å². The minimum Gasteiger partial charge on any atom is -0.408 e. The summed E-state index contributed by atoms with van der Waals surface area (Å²) in [6.45, 7) is 3.84. The maximum absolute atomic E-state index is 12.1. The van der Waals surface area contributed by atoms with E-state index in [0.717, 1.165) is 5.52 Å². The number of carbonyl (C=O) groups is 1. The summed E-state index contributed by atoms with van der Waals surface area (Å²) in [4.78, 5) is 24.0. The van der Waals surface area contributed by atoms with Gasteiger partial charge in [-0.25, -0.2) is 4.79 Å². The number of fused-ring (bicyclic) bond motifs is 1. The predicted molar refractivity (Wildman–Crippen MR) is 85.3 cm³/mol. The Morgan fingerprint density at radius 3 is 2.55 bits per heavy atom. The van der Waals surface area contributed by atoms with Crippen LogP contribution in [0.25, 0.3) is 11.1 Å². The van der Waals surface area contributed by atoms with Crippen molar-refractivity contribution in [1.29, 1.82) is 0 Å². The Hall–Kier alpha value is -2.82. The van der Waals surface area contributed by atoms with Crippen LogP contribution in [-0.2, 0) is 0 Å². The van der Waals surface area contributed by atoms with Gasteiger partial charge in [0, 0.05) is 23.4 Å². The van der Waals surface area contributed by atoms with E-state index in [1.54, 1.807) is 47.0 Å². The number of nitrogens with one attached hydrogen (secondary N) is 1. The highest BCUT2D eigenvalue weighted by Crippen LogP contribution is 2.21. The van der Waals surface area contributed by atoms with E-state index in [4.69, 9.17) is 4.42 Å². The minimum absolute atomic E-state index is 0.0125. The van der Waals surface area contributed by atoms with Gasteiger partial charge in [-0.05, 0) is 38.1 Å². The lowest BCUT2D eigenvalue weighted by Crippen LogP contribution is -2.15. The van der Waals surface area contributed by atoms with Gasteiger partial charge in [-0.1, -0.05) is 18.2 Å². The van der Waals surface area contributed by atoms with Crippen LogP contribution in [0.15, 0.2) is 57.7 Å². The molecule has 0 saturated heterocycles. The van der Waals surface area contributed by atoms with E-state index in [1.807, 2.05) is 19.9 Å². The first-order valence-electron chi connectivity index (χ1n) is 7.08. The average molecular weight is 296 g/mol. The molecule has 0 spiro atoms. The largest absolute Gasteiger partial charge is 0.420 e. The summed E-state index contributed by atoms with van der Waals surface area (Å²) in [7, 11) is 0. The Kier molecular flexibility index (Phi) is 3.55. The molecule has 3 rings (SSSR count). The SMILES string of the molecule is CC(C)n1c(=O)oc2cc(NC(=O)c3ccccc3)ccc21. The Morgan fingerprint density at radius 1 is 1.14 bits per heavy atom. The molecule has 2 aromatic carbocycles. The summed E-state index contributed by atoms with van der Waals surface area (Å²) < 4.78 is 6.83. The van der Waals surface area contributed by atoms with Gasteiger partial charge in [0.1, 0.15) is 0 Å². The summed E-state index contributed by atoms with van der Waals surface area (Å²) in [6.07, 6.45) is 0. The highest BCUT2D eigenvalue weighted by atomic mass is 16.4. The molecule has 1 amide bonds. The van der Waals surface area contributed by atoms with E-state index in [0.29, 0.717) is 16.8 Å². The molecule has 0 saturated carbocycles. The second kappa shape index (κ2) is 5.52. The zero-order valence-corrected chi connectivity index (χ0v) is 12.4. The van der Waals surface area contributed by atoms with Crippen molar-refractivity contribution in [3.05, 3.63) is 64.6 Å². The Labute approximate surface area is 127 Å². The zero-order valence-electron chi connectivity index (χ0n) is 12.4. The normalized spacial score (nSPS) is 11.0. The molecule has 5 heteroatoms. The maximum atomic E-state index is 12.1. The van der Waals surface area contributed by atoms with E-state index >= 15 is 0 Å². The molecule has 3 aromatic rings. The molecule has 5 nitrogen and oxygen atoms in total. The molecule has 0 atom stereocenters. The van der Waals surface area contributed by atoms with Crippen LogP contribution < -0.4 is 11.1 Å². The number of rotatable bonds is 3. The first-order valence-corrected chi connectivity index (χ1v) is 7.08. The van der Waals surface area contributed by atoms with Gasteiger partial charge in [0.25, 0.3) is 5.91 Å². The second-order valence-corrected chi connectivity index (χ2v) is 5.33. The van der Waals surface area contributed by atoms with Crippen molar-refractivity contribution >= 4 is 22.7 Å². The van der Waals surface area contributed by atoms with Crippen molar-refractivity contribution in [2.24, 2.45) is 0 Å². The van der Waals surface area contributed by atoms with Crippen molar-refractivity contribution in [3.63, 3.8) is 0 Å². The van der Waals surface area contributed by atoms with Gasteiger partial charge in [-0.2, -0.15) is 0 Å². The number of benzene rings is 2. The lowest BCUT2D eigenvalue weighted by atomic mass is 10.2. The van der Waals surface area contributed by atoms with Crippen LogP contribution in [0.2, 0.25) is 0 Å². The molecule has 0 aliphatic heterocycles. The molecule has 22 heavy (non-hydrogen) atoms. The summed E-state index contributed by atoms with van der Waals surface area (Å²) >= 11 is 0. The first-order chi connectivity index (χ1) is 10.6. The van der Waals surface area contributed by atoms with Gasteiger partial charge in [-0.15, -0.1) is 0 Å². The molecule has 0 aliphatic carbocycles. The standard InChI is InChI=1S/C17H16N2O3/c1-11(2)19-14-9-8-13(10-15(14)22-17(19)21)18-16(20)12-6-4-3-5-7-12/h3-11H,1-2H3,(H,18,20). The zero-order chi connectivity index (χ0) is 15.7. The quantitative estimate of drug-likeness (QED) is 0.805. The average Bonchev–Trinajstić information content (AvgIpc) is 2.83. The number of aromatic nitrogens is 1. The fraction of sp³-hybridized carbons (Fsp3) is 0.176. The van der Waals surface area contributed by atoms with Gasteiger partial charge in [0.2, 0.25) is 0 Å². The lowest BCUT2D eigenvalue weighted by Gasteiger charge is -2.07. The third-order valence-electron chi connectivity index (χ3n) is 3.42. The lowest BCUT2D eigenvalue weighted by molar-refractivity contribution is 0.102. The smallest absolute Gasteiger partial charge is 0.408 e. The van der Waals surface area contributed by atoms with Crippen LogP contribution in [0, 0.1) is 0 Å². The molecule has 0 unspecified atom stereocenters. The highest BCUT2D eigenvalue weighted by molar-refractivity contribution is 6.04. The molecule has 112 valence electrons. The number of oxazole rings is 1. The molecule has 0 bridgehead atoms. The van der Waals surface area contributed by atoms with Crippen molar-refractivity contribution in [3.8, 4) is 0 Å². The Morgan fingerprint density at radius 2 is 1.86 bits per heavy atom. The fourth-order valence-corrected chi connectivity index (χ4v) is 2.40. The van der Waals surface area contributed by atoms with Crippen LogP contribution in [0.1, 0.15) is 30.2 Å². The van der Waals surface area contributed by atoms with Gasteiger partial charge in [-0.3, -0.25) is 9.36 Å². The van der Waals surface area contributed by atoms with Gasteiger partial charge >= 0.3 is 5.76 Å². The van der Waals surface area contributed by atoms with Crippen LogP contribution in [0.3, 0.4) is 0 Å². The van der Waals surface area contributed by atoms with Gasteiger partial charge in [0.05, 0.1) is 5.52 Å².